The maximum atomic E-state index is 13.7. The highest BCUT2D eigenvalue weighted by atomic mass is 35.5. The van der Waals surface area contributed by atoms with E-state index in [-0.39, 0.29) is 32.7 Å². The highest BCUT2D eigenvalue weighted by molar-refractivity contribution is 6.42. The second-order valence-corrected chi connectivity index (χ2v) is 10.8. The van der Waals surface area contributed by atoms with Crippen molar-refractivity contribution in [3.05, 3.63) is 77.5 Å². The summed E-state index contributed by atoms with van der Waals surface area (Å²) in [7, 11) is 0. The quantitative estimate of drug-likeness (QED) is 0.379. The molecule has 1 aliphatic heterocycles. The molecule has 2 aromatic carbocycles. The maximum Gasteiger partial charge on any atom is 0.447 e. The Morgan fingerprint density at radius 1 is 0.886 bits per heavy atom. The fourth-order valence-corrected chi connectivity index (χ4v) is 4.81. The summed E-state index contributed by atoms with van der Waals surface area (Å²) in [6, 6.07) is 8.67. The van der Waals surface area contributed by atoms with Crippen LogP contribution in [0, 0.1) is 5.92 Å². The first-order valence-electron chi connectivity index (χ1n) is 10.7. The van der Waals surface area contributed by atoms with Gasteiger partial charge >= 0.3 is 17.5 Å². The van der Waals surface area contributed by atoms with E-state index in [4.69, 9.17) is 50.9 Å². The molecule has 0 N–H and O–H groups in total. The lowest BCUT2D eigenvalue weighted by molar-refractivity contribution is 0.0905. The first-order chi connectivity index (χ1) is 16.3. The Bertz CT molecular complexity index is 1430. The number of aromatic nitrogens is 2. The van der Waals surface area contributed by atoms with Gasteiger partial charge in [-0.25, -0.2) is 14.4 Å². The van der Waals surface area contributed by atoms with Crippen LogP contribution in [0.1, 0.15) is 33.9 Å². The molecule has 1 saturated heterocycles. The molecule has 1 fully saturated rings. The zero-order valence-electron chi connectivity index (χ0n) is 19.3. The molecule has 12 heteroatoms. The molecule has 0 unspecified atom stereocenters. The summed E-state index contributed by atoms with van der Waals surface area (Å²) in [5.74, 6) is -0.801. The van der Waals surface area contributed by atoms with Crippen LogP contribution in [0.25, 0.3) is 5.69 Å². The average molecular weight is 560 g/mol. The first-order valence-corrected chi connectivity index (χ1v) is 12.2. The van der Waals surface area contributed by atoms with Crippen LogP contribution in [-0.2, 0) is 0 Å². The molecule has 0 saturated carbocycles. The molecule has 0 radical (unpaired) electrons. The third kappa shape index (κ3) is 4.37. The van der Waals surface area contributed by atoms with Gasteiger partial charge in [-0.2, -0.15) is 4.57 Å². The first kappa shape index (κ1) is 25.7. The van der Waals surface area contributed by atoms with E-state index in [1.54, 1.807) is 30.9 Å². The van der Waals surface area contributed by atoms with Crippen LogP contribution in [0.3, 0.4) is 0 Å². The molecular weight excluding hydrogens is 538 g/mol. The van der Waals surface area contributed by atoms with E-state index < -0.39 is 23.2 Å². The van der Waals surface area contributed by atoms with Crippen LogP contribution in [0.5, 0.6) is 0 Å². The van der Waals surface area contributed by atoms with Gasteiger partial charge in [-0.3, -0.25) is 4.90 Å². The molecule has 186 valence electrons. The van der Waals surface area contributed by atoms with Crippen molar-refractivity contribution in [2.75, 3.05) is 11.4 Å². The second kappa shape index (κ2) is 9.24. The molecule has 1 aromatic heterocycles. The fourth-order valence-electron chi connectivity index (χ4n) is 4.23. The van der Waals surface area contributed by atoms with Gasteiger partial charge in [0.2, 0.25) is 0 Å². The Hall–Kier alpha value is -2.39. The summed E-state index contributed by atoms with van der Waals surface area (Å²) < 4.78 is 7.20. The Balaban J connectivity index is 1.93. The van der Waals surface area contributed by atoms with Crippen molar-refractivity contribution in [3.8, 4) is 5.69 Å². The van der Waals surface area contributed by atoms with Gasteiger partial charge in [-0.15, -0.1) is 4.74 Å². The number of urea groups is 1. The zero-order chi connectivity index (χ0) is 25.8. The van der Waals surface area contributed by atoms with Crippen molar-refractivity contribution in [1.82, 2.24) is 14.2 Å². The lowest BCUT2D eigenvalue weighted by Crippen LogP contribution is -2.48. The van der Waals surface area contributed by atoms with Crippen molar-refractivity contribution >= 4 is 58.1 Å². The number of rotatable bonds is 5. The highest BCUT2D eigenvalue weighted by Crippen LogP contribution is 2.43. The predicted molar refractivity (Wildman–Crippen MR) is 138 cm³/mol. The topological polar surface area (TPSA) is 80.7 Å². The molecule has 1 aliphatic rings. The van der Waals surface area contributed by atoms with Gasteiger partial charge in [0, 0.05) is 12.2 Å². The van der Waals surface area contributed by atoms with Crippen molar-refractivity contribution in [2.24, 2.45) is 5.92 Å². The van der Waals surface area contributed by atoms with E-state index in [0.717, 1.165) is 9.31 Å². The normalized spacial score (nSPS) is 17.6. The number of anilines is 1. The van der Waals surface area contributed by atoms with Gasteiger partial charge in [0.1, 0.15) is 0 Å². The smallest absolute Gasteiger partial charge is 0.315 e. The summed E-state index contributed by atoms with van der Waals surface area (Å²) in [6.07, 6.45) is -1.02. The second-order valence-electron chi connectivity index (χ2n) is 9.18. The summed E-state index contributed by atoms with van der Waals surface area (Å²) in [5, 5.41) is 0.981. The molecule has 35 heavy (non-hydrogen) atoms. The Labute approximate surface area is 221 Å². The summed E-state index contributed by atoms with van der Waals surface area (Å²) in [5.41, 5.74) is -1.17. The Kier molecular flexibility index (Phi) is 6.79. The van der Waals surface area contributed by atoms with Gasteiger partial charge in [0.05, 0.1) is 31.3 Å². The molecule has 4 rings (SSSR count). The molecular formula is C23H22Cl4N4O4. The lowest BCUT2D eigenvalue weighted by atomic mass is 9.99. The largest absolute Gasteiger partial charge is 0.447 e. The van der Waals surface area contributed by atoms with Gasteiger partial charge in [0.15, 0.2) is 6.17 Å². The minimum Gasteiger partial charge on any atom is -0.315 e. The van der Waals surface area contributed by atoms with E-state index in [1.165, 1.54) is 29.2 Å². The molecule has 0 spiro atoms. The lowest BCUT2D eigenvalue weighted by Gasteiger charge is -2.34. The van der Waals surface area contributed by atoms with Crippen molar-refractivity contribution in [1.29, 1.82) is 0 Å². The molecule has 3 aromatic rings. The standard InChI is InChI=1S/C23H22Cl4N4O4/c1-12(2)11-28-20(32)29(13-5-7-15(24)17(26)9-13)19(23(28,3)4)31-21(33)30(22(34)35-31)14-6-8-16(25)18(27)10-14/h5-10,12,19H,11H2,1-4H3/t19-/m0/s1. The maximum absolute atomic E-state index is 13.7. The van der Waals surface area contributed by atoms with Gasteiger partial charge < -0.3 is 9.42 Å². The number of benzene rings is 2. The third-order valence-electron chi connectivity index (χ3n) is 5.86. The summed E-state index contributed by atoms with van der Waals surface area (Å²) in [4.78, 5) is 43.1. The van der Waals surface area contributed by atoms with E-state index in [1.807, 2.05) is 13.8 Å². The number of carbonyl (C=O) groups is 1. The van der Waals surface area contributed by atoms with Gasteiger partial charge in [-0.05, 0) is 56.2 Å². The van der Waals surface area contributed by atoms with Crippen molar-refractivity contribution in [2.45, 2.75) is 39.4 Å². The number of hydrogen-bond acceptors (Lipinski definition) is 4. The van der Waals surface area contributed by atoms with Crippen molar-refractivity contribution < 1.29 is 9.32 Å². The third-order valence-corrected chi connectivity index (χ3v) is 7.34. The SMILES string of the molecule is CC(C)CN1C(=O)N(c2ccc(Cl)c(Cl)c2)[C@@H](n2oc(=O)n(-c3ccc(Cl)c(Cl)c3)c2=O)C1(C)C. The molecule has 0 bridgehead atoms. The number of amides is 2. The average Bonchev–Trinajstić information content (AvgIpc) is 3.16. The van der Waals surface area contributed by atoms with Crippen LogP contribution < -0.4 is 16.3 Å². The molecule has 2 amide bonds. The Morgan fingerprint density at radius 3 is 1.97 bits per heavy atom. The predicted octanol–water partition coefficient (Wildman–Crippen LogP) is 6.08. The number of nitrogens with zero attached hydrogens (tertiary/aromatic N) is 4. The van der Waals surface area contributed by atoms with Crippen LogP contribution in [-0.4, -0.2) is 32.3 Å². The van der Waals surface area contributed by atoms with Gasteiger partial charge in [-0.1, -0.05) is 60.3 Å². The highest BCUT2D eigenvalue weighted by Gasteiger charge is 2.55. The minimum atomic E-state index is -1.02. The molecule has 0 aliphatic carbocycles. The van der Waals surface area contributed by atoms with Crippen LogP contribution in [0.2, 0.25) is 20.1 Å². The monoisotopic (exact) mass is 558 g/mol. The van der Waals surface area contributed by atoms with E-state index in [0.29, 0.717) is 17.3 Å². The number of hydrogen-bond donors (Lipinski definition) is 0. The number of carbonyl (C=O) groups excluding carboxylic acids is 1. The number of halogens is 4. The Morgan fingerprint density at radius 2 is 1.43 bits per heavy atom. The molecule has 2 heterocycles. The fraction of sp³-hybridized carbons (Fsp3) is 0.348. The summed E-state index contributed by atoms with van der Waals surface area (Å²) in [6.45, 7) is 7.98. The molecule has 8 nitrogen and oxygen atoms in total. The van der Waals surface area contributed by atoms with Crippen LogP contribution in [0.4, 0.5) is 10.5 Å². The summed E-state index contributed by atoms with van der Waals surface area (Å²) >= 11 is 24.4. The zero-order valence-corrected chi connectivity index (χ0v) is 22.3. The van der Waals surface area contributed by atoms with E-state index in [9.17, 15) is 14.4 Å². The van der Waals surface area contributed by atoms with E-state index in [2.05, 4.69) is 0 Å². The van der Waals surface area contributed by atoms with Crippen LogP contribution in [0.15, 0.2) is 50.5 Å². The van der Waals surface area contributed by atoms with Crippen LogP contribution >= 0.6 is 46.4 Å². The van der Waals surface area contributed by atoms with Gasteiger partial charge in [0.25, 0.3) is 0 Å². The minimum absolute atomic E-state index is 0.136. The van der Waals surface area contributed by atoms with E-state index >= 15 is 0 Å². The van der Waals surface area contributed by atoms with Crippen molar-refractivity contribution in [3.63, 3.8) is 0 Å². The molecule has 1 atom stereocenters.